The van der Waals surface area contributed by atoms with Crippen molar-refractivity contribution < 1.29 is 17.9 Å². The summed E-state index contributed by atoms with van der Waals surface area (Å²) >= 11 is 8.89. The number of rotatable bonds is 4. The highest BCUT2D eigenvalue weighted by molar-refractivity contribution is 9.10. The maximum absolute atomic E-state index is 13.2. The van der Waals surface area contributed by atoms with Gasteiger partial charge in [0.05, 0.1) is 23.0 Å². The summed E-state index contributed by atoms with van der Waals surface area (Å²) in [5.74, 6) is -0.606. The van der Waals surface area contributed by atoms with Gasteiger partial charge >= 0.3 is 0 Å². The standard InChI is InChI=1S/C11H10BrClFN3O3S/c1-5-11(9(4-18)16-15-5)21(19,20)17-10-7(12)2-6(14)3-8(10)13/h2-3,17-18H,4H2,1H3,(H,15,16). The molecule has 2 aromatic rings. The summed E-state index contributed by atoms with van der Waals surface area (Å²) in [4.78, 5) is -0.169. The summed E-state index contributed by atoms with van der Waals surface area (Å²) in [6.07, 6.45) is 0. The average Bonchev–Trinajstić information content (AvgIpc) is 2.76. The van der Waals surface area contributed by atoms with E-state index >= 15 is 0 Å². The lowest BCUT2D eigenvalue weighted by atomic mass is 10.3. The van der Waals surface area contributed by atoms with Crippen molar-refractivity contribution in [1.29, 1.82) is 0 Å². The number of halogens is 3. The molecule has 0 fully saturated rings. The molecule has 0 amide bonds. The summed E-state index contributed by atoms with van der Waals surface area (Å²) in [5, 5.41) is 15.2. The van der Waals surface area contributed by atoms with Gasteiger partial charge in [-0.2, -0.15) is 5.10 Å². The molecule has 1 heterocycles. The summed E-state index contributed by atoms with van der Waals surface area (Å²) in [7, 11) is -4.04. The van der Waals surface area contributed by atoms with Crippen molar-refractivity contribution in [3.8, 4) is 0 Å². The fraction of sp³-hybridized carbons (Fsp3) is 0.182. The van der Waals surface area contributed by atoms with Crippen LogP contribution >= 0.6 is 27.5 Å². The highest BCUT2D eigenvalue weighted by Gasteiger charge is 2.25. The second-order valence-electron chi connectivity index (χ2n) is 4.13. The Balaban J connectivity index is 2.50. The molecule has 0 aliphatic carbocycles. The van der Waals surface area contributed by atoms with Crippen LogP contribution < -0.4 is 4.72 Å². The normalized spacial score (nSPS) is 11.7. The minimum Gasteiger partial charge on any atom is -0.390 e. The minimum absolute atomic E-state index is 0.00237. The molecular weight excluding hydrogens is 389 g/mol. The van der Waals surface area contributed by atoms with Gasteiger partial charge in [0.1, 0.15) is 16.4 Å². The van der Waals surface area contributed by atoms with E-state index in [1.54, 1.807) is 0 Å². The number of anilines is 1. The maximum Gasteiger partial charge on any atom is 0.265 e. The zero-order valence-corrected chi connectivity index (χ0v) is 13.8. The van der Waals surface area contributed by atoms with E-state index in [4.69, 9.17) is 16.7 Å². The highest BCUT2D eigenvalue weighted by atomic mass is 79.9. The number of sulfonamides is 1. The predicted octanol–water partition coefficient (Wildman–Crippen LogP) is 2.57. The number of aromatic amines is 1. The van der Waals surface area contributed by atoms with Crippen LogP contribution in [0.4, 0.5) is 10.1 Å². The monoisotopic (exact) mass is 397 g/mol. The molecule has 21 heavy (non-hydrogen) atoms. The zero-order valence-electron chi connectivity index (χ0n) is 10.6. The van der Waals surface area contributed by atoms with Crippen LogP contribution in [0, 0.1) is 12.7 Å². The van der Waals surface area contributed by atoms with Gasteiger partial charge in [0.25, 0.3) is 10.0 Å². The number of hydrogen-bond acceptors (Lipinski definition) is 4. The molecule has 1 aromatic carbocycles. The number of aliphatic hydroxyl groups is 1. The van der Waals surface area contributed by atoms with E-state index < -0.39 is 22.4 Å². The SMILES string of the molecule is Cc1[nH]nc(CO)c1S(=O)(=O)Nc1c(Cl)cc(F)cc1Br. The third-order valence-corrected chi connectivity index (χ3v) is 5.10. The molecule has 1 aromatic heterocycles. The van der Waals surface area contributed by atoms with Crippen LogP contribution in [0.1, 0.15) is 11.4 Å². The lowest BCUT2D eigenvalue weighted by Crippen LogP contribution is -2.16. The Morgan fingerprint density at radius 3 is 2.76 bits per heavy atom. The lowest BCUT2D eigenvalue weighted by Gasteiger charge is -2.12. The average molecular weight is 399 g/mol. The number of H-pyrrole nitrogens is 1. The molecule has 6 nitrogen and oxygen atoms in total. The van der Waals surface area contributed by atoms with E-state index in [1.807, 2.05) is 0 Å². The van der Waals surface area contributed by atoms with Gasteiger partial charge in [0.2, 0.25) is 0 Å². The molecule has 114 valence electrons. The molecular formula is C11H10BrClFN3O3S. The van der Waals surface area contributed by atoms with Crippen molar-refractivity contribution in [1.82, 2.24) is 10.2 Å². The molecule has 0 unspecified atom stereocenters. The van der Waals surface area contributed by atoms with Gasteiger partial charge < -0.3 is 5.11 Å². The van der Waals surface area contributed by atoms with Crippen molar-refractivity contribution in [2.75, 3.05) is 4.72 Å². The summed E-state index contributed by atoms with van der Waals surface area (Å²) < 4.78 is 40.4. The zero-order chi connectivity index (χ0) is 15.8. The first kappa shape index (κ1) is 16.2. The largest absolute Gasteiger partial charge is 0.390 e. The van der Waals surface area contributed by atoms with Gasteiger partial charge in [-0.25, -0.2) is 12.8 Å². The molecule has 0 aliphatic heterocycles. The summed E-state index contributed by atoms with van der Waals surface area (Å²) in [6, 6.07) is 2.07. The van der Waals surface area contributed by atoms with E-state index in [0.29, 0.717) is 0 Å². The molecule has 3 N–H and O–H groups in total. The Bertz CT molecular complexity index is 771. The Morgan fingerprint density at radius 2 is 2.19 bits per heavy atom. The number of nitrogens with one attached hydrogen (secondary N) is 2. The number of hydrogen-bond donors (Lipinski definition) is 3. The quantitative estimate of drug-likeness (QED) is 0.737. The molecule has 10 heteroatoms. The molecule has 0 aliphatic rings. The maximum atomic E-state index is 13.2. The second kappa shape index (κ2) is 5.91. The van der Waals surface area contributed by atoms with Crippen LogP contribution in [-0.4, -0.2) is 23.7 Å². The molecule has 2 rings (SSSR count). The summed E-state index contributed by atoms with van der Waals surface area (Å²) in [5.41, 5.74) is 0.248. The van der Waals surface area contributed by atoms with Gasteiger partial charge in [-0.1, -0.05) is 11.6 Å². The first-order chi connectivity index (χ1) is 9.76. The smallest absolute Gasteiger partial charge is 0.265 e. The number of nitrogens with zero attached hydrogens (tertiary/aromatic N) is 1. The van der Waals surface area contributed by atoms with E-state index in [0.717, 1.165) is 12.1 Å². The number of aromatic nitrogens is 2. The number of aryl methyl sites for hydroxylation is 1. The van der Waals surface area contributed by atoms with Crippen molar-refractivity contribution in [2.24, 2.45) is 0 Å². The van der Waals surface area contributed by atoms with Crippen molar-refractivity contribution in [3.63, 3.8) is 0 Å². The molecule has 0 saturated carbocycles. The Labute approximate surface area is 133 Å². The lowest BCUT2D eigenvalue weighted by molar-refractivity contribution is 0.273. The van der Waals surface area contributed by atoms with Crippen LogP contribution in [0.5, 0.6) is 0 Å². The van der Waals surface area contributed by atoms with E-state index in [-0.39, 0.29) is 31.5 Å². The summed E-state index contributed by atoms with van der Waals surface area (Å²) in [6.45, 7) is 0.959. The Kier molecular flexibility index (Phi) is 4.57. The molecule has 0 atom stereocenters. The third kappa shape index (κ3) is 3.20. The third-order valence-electron chi connectivity index (χ3n) is 2.62. The van der Waals surface area contributed by atoms with Crippen LogP contribution in [0.25, 0.3) is 0 Å². The number of aliphatic hydroxyl groups excluding tert-OH is 1. The van der Waals surface area contributed by atoms with E-state index in [2.05, 4.69) is 30.8 Å². The molecule has 0 spiro atoms. The molecule has 0 bridgehead atoms. The second-order valence-corrected chi connectivity index (χ2v) is 7.01. The predicted molar refractivity (Wildman–Crippen MR) is 79.2 cm³/mol. The van der Waals surface area contributed by atoms with Gasteiger partial charge in [-0.05, 0) is 35.0 Å². The number of benzene rings is 1. The van der Waals surface area contributed by atoms with E-state index in [1.165, 1.54) is 6.92 Å². The first-order valence-corrected chi connectivity index (χ1v) is 8.23. The van der Waals surface area contributed by atoms with Crippen LogP contribution in [0.3, 0.4) is 0 Å². The van der Waals surface area contributed by atoms with Gasteiger partial charge in [-0.3, -0.25) is 9.82 Å². The van der Waals surface area contributed by atoms with Gasteiger partial charge in [-0.15, -0.1) is 0 Å². The first-order valence-electron chi connectivity index (χ1n) is 5.58. The molecule has 0 radical (unpaired) electrons. The fourth-order valence-corrected chi connectivity index (χ4v) is 4.30. The topological polar surface area (TPSA) is 95.1 Å². The Morgan fingerprint density at radius 1 is 1.52 bits per heavy atom. The van der Waals surface area contributed by atoms with Gasteiger partial charge in [0, 0.05) is 4.47 Å². The minimum atomic E-state index is -4.04. The van der Waals surface area contributed by atoms with Crippen LogP contribution in [-0.2, 0) is 16.6 Å². The highest BCUT2D eigenvalue weighted by Crippen LogP contribution is 2.34. The van der Waals surface area contributed by atoms with Crippen molar-refractivity contribution in [3.05, 3.63) is 38.8 Å². The van der Waals surface area contributed by atoms with E-state index in [9.17, 15) is 12.8 Å². The van der Waals surface area contributed by atoms with Gasteiger partial charge in [0.15, 0.2) is 0 Å². The van der Waals surface area contributed by atoms with Crippen molar-refractivity contribution >= 4 is 43.2 Å². The fourth-order valence-electron chi connectivity index (χ4n) is 1.76. The Hall–Kier alpha value is -1.16. The molecule has 0 saturated heterocycles. The van der Waals surface area contributed by atoms with Crippen molar-refractivity contribution in [2.45, 2.75) is 18.4 Å². The van der Waals surface area contributed by atoms with Crippen LogP contribution in [0.2, 0.25) is 5.02 Å². The van der Waals surface area contributed by atoms with Crippen LogP contribution in [0.15, 0.2) is 21.5 Å².